The van der Waals surface area contributed by atoms with E-state index < -0.39 is 17.5 Å². The number of hydrogen-bond donors (Lipinski definition) is 3. The van der Waals surface area contributed by atoms with Gasteiger partial charge in [0.1, 0.15) is 0 Å². The van der Waals surface area contributed by atoms with Crippen LogP contribution in [0.5, 0.6) is 0 Å². The Bertz CT molecular complexity index is 305. The molecule has 3 N–H and O–H groups in total. The van der Waals surface area contributed by atoms with Gasteiger partial charge in [0.05, 0.1) is 12.0 Å². The van der Waals surface area contributed by atoms with Crippen LogP contribution < -0.4 is 0 Å². The van der Waals surface area contributed by atoms with Crippen LogP contribution in [0.2, 0.25) is 0 Å². The highest BCUT2D eigenvalue weighted by molar-refractivity contribution is 5.80. The monoisotopic (exact) mass is 274 g/mol. The minimum Gasteiger partial charge on any atom is -0.481 e. The number of hydrogen-bond acceptors (Lipinski definition) is 3. The summed E-state index contributed by atoms with van der Waals surface area (Å²) in [5.74, 6) is -1.79. The minimum atomic E-state index is -1.03. The van der Waals surface area contributed by atoms with Crippen LogP contribution in [-0.4, -0.2) is 32.9 Å². The predicted octanol–water partition coefficient (Wildman–Crippen LogP) is 2.83. The molecule has 0 saturated heterocycles. The van der Waals surface area contributed by atoms with Crippen LogP contribution in [0, 0.1) is 0 Å². The van der Waals surface area contributed by atoms with Gasteiger partial charge < -0.3 is 15.3 Å². The zero-order valence-corrected chi connectivity index (χ0v) is 12.3. The molecular weight excluding hydrogens is 248 g/mol. The van der Waals surface area contributed by atoms with Crippen LogP contribution in [0.15, 0.2) is 11.6 Å². The first kappa shape index (κ1) is 20.0. The van der Waals surface area contributed by atoms with Crippen molar-refractivity contribution in [2.24, 2.45) is 0 Å². The second-order valence-corrected chi connectivity index (χ2v) is 4.90. The van der Waals surface area contributed by atoms with Crippen molar-refractivity contribution >= 4 is 11.9 Å². The van der Waals surface area contributed by atoms with E-state index >= 15 is 0 Å². The molecule has 0 aromatic heterocycles. The molecule has 0 rings (SSSR count). The number of carbonyl (C=O) groups is 2. The number of carboxylic acids is 2. The Balaban J connectivity index is 0. The van der Waals surface area contributed by atoms with E-state index in [0.717, 1.165) is 24.8 Å². The van der Waals surface area contributed by atoms with Crippen LogP contribution in [0.1, 0.15) is 59.8 Å². The highest BCUT2D eigenvalue weighted by Gasteiger charge is 2.22. The quantitative estimate of drug-likeness (QED) is 0.620. The first-order valence-electron chi connectivity index (χ1n) is 6.48. The number of rotatable bonds is 7. The Morgan fingerprint density at radius 2 is 1.68 bits per heavy atom. The molecule has 0 aromatic rings. The molecule has 0 aliphatic heterocycles. The lowest BCUT2D eigenvalue weighted by Crippen LogP contribution is -2.27. The summed E-state index contributed by atoms with van der Waals surface area (Å²) in [5, 5.41) is 25.9. The van der Waals surface area contributed by atoms with Crippen molar-refractivity contribution in [3.63, 3.8) is 0 Å². The fourth-order valence-electron chi connectivity index (χ4n) is 1.63. The Hall–Kier alpha value is -1.36. The van der Waals surface area contributed by atoms with E-state index in [0.29, 0.717) is 6.42 Å². The summed E-state index contributed by atoms with van der Waals surface area (Å²) < 4.78 is 0. The van der Waals surface area contributed by atoms with Gasteiger partial charge in [-0.15, -0.1) is 0 Å². The molecule has 0 saturated carbocycles. The summed E-state index contributed by atoms with van der Waals surface area (Å²) in [6.45, 7) is 7.32. The topological polar surface area (TPSA) is 94.8 Å². The Morgan fingerprint density at radius 3 is 2.00 bits per heavy atom. The maximum absolute atomic E-state index is 10.1. The molecule has 0 aromatic carbocycles. The van der Waals surface area contributed by atoms with E-state index in [2.05, 4.69) is 0 Å². The zero-order chi connectivity index (χ0) is 15.5. The Kier molecular flexibility index (Phi) is 11.1. The van der Waals surface area contributed by atoms with Gasteiger partial charge in [-0.05, 0) is 26.7 Å². The molecule has 0 heterocycles. The molecule has 0 aliphatic rings. The van der Waals surface area contributed by atoms with Gasteiger partial charge in [-0.3, -0.25) is 4.79 Å². The van der Waals surface area contributed by atoms with E-state index in [1.807, 2.05) is 20.8 Å². The normalized spacial score (nSPS) is 14.1. The average molecular weight is 274 g/mol. The molecule has 0 fully saturated rings. The van der Waals surface area contributed by atoms with Crippen LogP contribution in [0.3, 0.4) is 0 Å². The van der Waals surface area contributed by atoms with Gasteiger partial charge in [-0.1, -0.05) is 32.3 Å². The van der Waals surface area contributed by atoms with Crippen LogP contribution >= 0.6 is 0 Å². The SMILES string of the molecule is CCC/C(C)=C/C(=O)O.CCCC(C)(O)CC(=O)O. The van der Waals surface area contributed by atoms with Gasteiger partial charge >= 0.3 is 11.9 Å². The third kappa shape index (κ3) is 16.6. The lowest BCUT2D eigenvalue weighted by Gasteiger charge is -2.19. The Labute approximate surface area is 115 Å². The molecule has 0 bridgehead atoms. The summed E-state index contributed by atoms with van der Waals surface area (Å²) in [7, 11) is 0. The van der Waals surface area contributed by atoms with Crippen LogP contribution in [0.25, 0.3) is 0 Å². The molecule has 0 aliphatic carbocycles. The number of allylic oxidation sites excluding steroid dienone is 1. The third-order valence-corrected chi connectivity index (χ3v) is 2.33. The smallest absolute Gasteiger partial charge is 0.328 e. The van der Waals surface area contributed by atoms with Gasteiger partial charge in [0.15, 0.2) is 0 Å². The van der Waals surface area contributed by atoms with Crippen molar-refractivity contribution < 1.29 is 24.9 Å². The van der Waals surface area contributed by atoms with Gasteiger partial charge in [-0.2, -0.15) is 0 Å². The largest absolute Gasteiger partial charge is 0.481 e. The summed E-state index contributed by atoms with van der Waals surface area (Å²) in [5.41, 5.74) is -0.0920. The molecule has 112 valence electrons. The van der Waals surface area contributed by atoms with Crippen LogP contribution in [-0.2, 0) is 9.59 Å². The highest BCUT2D eigenvalue weighted by Crippen LogP contribution is 2.15. The number of aliphatic carboxylic acids is 2. The lowest BCUT2D eigenvalue weighted by atomic mass is 9.97. The summed E-state index contributed by atoms with van der Waals surface area (Å²) >= 11 is 0. The van der Waals surface area contributed by atoms with E-state index in [1.54, 1.807) is 6.92 Å². The van der Waals surface area contributed by atoms with E-state index in [1.165, 1.54) is 6.08 Å². The first-order chi connectivity index (χ1) is 8.64. The molecule has 1 unspecified atom stereocenters. The summed E-state index contributed by atoms with van der Waals surface area (Å²) in [6, 6.07) is 0. The van der Waals surface area contributed by atoms with Gasteiger partial charge in [0, 0.05) is 6.08 Å². The van der Waals surface area contributed by atoms with E-state index in [-0.39, 0.29) is 6.42 Å². The predicted molar refractivity (Wildman–Crippen MR) is 74.1 cm³/mol. The van der Waals surface area contributed by atoms with Crippen molar-refractivity contribution in [2.45, 2.75) is 65.4 Å². The molecule has 0 spiro atoms. The van der Waals surface area contributed by atoms with Crippen molar-refractivity contribution in [3.8, 4) is 0 Å². The van der Waals surface area contributed by atoms with Crippen LogP contribution in [0.4, 0.5) is 0 Å². The first-order valence-corrected chi connectivity index (χ1v) is 6.48. The van der Waals surface area contributed by atoms with Gasteiger partial charge in [0.25, 0.3) is 0 Å². The van der Waals surface area contributed by atoms with E-state index in [4.69, 9.17) is 10.2 Å². The van der Waals surface area contributed by atoms with Crippen molar-refractivity contribution in [1.82, 2.24) is 0 Å². The molecular formula is C14H26O5. The summed E-state index contributed by atoms with van der Waals surface area (Å²) in [6.07, 6.45) is 4.33. The molecule has 0 amide bonds. The fourth-order valence-corrected chi connectivity index (χ4v) is 1.63. The standard InChI is InChI=1S/C7H14O3.C7H12O2/c1-3-4-7(2,10)5-6(8)9;1-3-4-6(2)5-7(8)9/h10H,3-5H2,1-2H3,(H,8,9);5H,3-4H2,1-2H3,(H,8,9)/b;6-5+. The van der Waals surface area contributed by atoms with E-state index in [9.17, 15) is 14.7 Å². The highest BCUT2D eigenvalue weighted by atomic mass is 16.4. The Morgan fingerprint density at radius 1 is 1.16 bits per heavy atom. The maximum atomic E-state index is 10.1. The minimum absolute atomic E-state index is 0.166. The fraction of sp³-hybridized carbons (Fsp3) is 0.714. The van der Waals surface area contributed by atoms with Crippen molar-refractivity contribution in [3.05, 3.63) is 11.6 Å². The lowest BCUT2D eigenvalue weighted by molar-refractivity contribution is -0.142. The average Bonchev–Trinajstić information content (AvgIpc) is 2.14. The second-order valence-electron chi connectivity index (χ2n) is 4.90. The second kappa shape index (κ2) is 10.6. The molecule has 5 heteroatoms. The van der Waals surface area contributed by atoms with Gasteiger partial charge in [-0.25, -0.2) is 4.79 Å². The molecule has 5 nitrogen and oxygen atoms in total. The molecule has 19 heavy (non-hydrogen) atoms. The van der Waals surface area contributed by atoms with Crippen molar-refractivity contribution in [1.29, 1.82) is 0 Å². The molecule has 0 radical (unpaired) electrons. The van der Waals surface area contributed by atoms with Gasteiger partial charge in [0.2, 0.25) is 0 Å². The molecule has 1 atom stereocenters. The third-order valence-electron chi connectivity index (χ3n) is 2.33. The van der Waals surface area contributed by atoms with Crippen molar-refractivity contribution in [2.75, 3.05) is 0 Å². The zero-order valence-electron chi connectivity index (χ0n) is 12.3. The number of aliphatic hydroxyl groups is 1. The summed E-state index contributed by atoms with van der Waals surface area (Å²) in [4.78, 5) is 20.1. The maximum Gasteiger partial charge on any atom is 0.328 e. The number of carboxylic acid groups (broad SMARTS) is 2.